The lowest BCUT2D eigenvalue weighted by Crippen LogP contribution is -2.16. The van der Waals surface area contributed by atoms with Crippen LogP contribution in [-0.2, 0) is 22.4 Å². The number of fused-ring (bicyclic) bond motifs is 1. The Morgan fingerprint density at radius 2 is 2.10 bits per heavy atom. The van der Waals surface area contributed by atoms with Gasteiger partial charge in [0.1, 0.15) is 5.00 Å². The average Bonchev–Trinajstić information content (AvgIpc) is 2.83. The molecule has 21 heavy (non-hydrogen) atoms. The Balaban J connectivity index is 2.37. The number of carbonyl (C=O) groups is 2. The molecule has 1 amide bonds. The lowest BCUT2D eigenvalue weighted by molar-refractivity contribution is -0.115. The van der Waals surface area contributed by atoms with E-state index in [9.17, 15) is 9.59 Å². The van der Waals surface area contributed by atoms with E-state index in [1.54, 1.807) is 25.2 Å². The van der Waals surface area contributed by atoms with E-state index >= 15 is 0 Å². The molecule has 1 aromatic heterocycles. The summed E-state index contributed by atoms with van der Waals surface area (Å²) in [5.41, 5.74) is 1.68. The van der Waals surface area contributed by atoms with E-state index in [1.807, 2.05) is 0 Å². The minimum Gasteiger partial charge on any atom is -0.462 e. The summed E-state index contributed by atoms with van der Waals surface area (Å²) >= 11 is 1.55. The standard InChI is InChI=1S/C16H23NO3S/c1-4-10-7-8-11-12(9-10)21-15(17-13(18)5-2)14(11)16(19)20-6-3/h10H,4-9H2,1-3H3,(H,17,18). The van der Waals surface area contributed by atoms with Gasteiger partial charge < -0.3 is 10.1 Å². The number of hydrogen-bond acceptors (Lipinski definition) is 4. The number of carbonyl (C=O) groups excluding carboxylic acids is 2. The van der Waals surface area contributed by atoms with Gasteiger partial charge in [0, 0.05) is 11.3 Å². The maximum absolute atomic E-state index is 12.3. The molecular weight excluding hydrogens is 286 g/mol. The molecule has 1 heterocycles. The minimum absolute atomic E-state index is 0.0637. The van der Waals surface area contributed by atoms with Gasteiger partial charge in [-0.15, -0.1) is 11.3 Å². The predicted octanol–water partition coefficient (Wildman–Crippen LogP) is 3.79. The Bertz CT molecular complexity index is 536. The van der Waals surface area contributed by atoms with Crippen LogP contribution in [0.4, 0.5) is 5.00 Å². The summed E-state index contributed by atoms with van der Waals surface area (Å²) in [7, 11) is 0. The number of hydrogen-bond donors (Lipinski definition) is 1. The first-order valence-corrected chi connectivity index (χ1v) is 8.53. The molecule has 2 rings (SSSR count). The summed E-state index contributed by atoms with van der Waals surface area (Å²) in [5, 5.41) is 3.54. The largest absolute Gasteiger partial charge is 0.462 e. The van der Waals surface area contributed by atoms with Crippen molar-refractivity contribution in [2.24, 2.45) is 5.92 Å². The van der Waals surface area contributed by atoms with Crippen LogP contribution < -0.4 is 5.32 Å². The van der Waals surface area contributed by atoms with Crippen LogP contribution in [0, 0.1) is 5.92 Å². The van der Waals surface area contributed by atoms with Crippen molar-refractivity contribution in [2.75, 3.05) is 11.9 Å². The highest BCUT2D eigenvalue weighted by Crippen LogP contribution is 2.40. The first kappa shape index (κ1) is 16.0. The highest BCUT2D eigenvalue weighted by Gasteiger charge is 2.29. The molecule has 0 aliphatic heterocycles. The van der Waals surface area contributed by atoms with E-state index in [1.165, 1.54) is 4.88 Å². The van der Waals surface area contributed by atoms with Crippen LogP contribution in [0.25, 0.3) is 0 Å². The molecule has 0 bridgehead atoms. The zero-order valence-electron chi connectivity index (χ0n) is 13.0. The SMILES string of the molecule is CCOC(=O)c1c(NC(=O)CC)sc2c1CCC(CC)C2. The Morgan fingerprint density at radius 3 is 2.71 bits per heavy atom. The fraction of sp³-hybridized carbons (Fsp3) is 0.625. The number of esters is 1. The van der Waals surface area contributed by atoms with Crippen LogP contribution in [0.3, 0.4) is 0 Å². The fourth-order valence-corrected chi connectivity index (χ4v) is 4.09. The fourth-order valence-electron chi connectivity index (χ4n) is 2.72. The van der Waals surface area contributed by atoms with Gasteiger partial charge in [-0.3, -0.25) is 4.79 Å². The highest BCUT2D eigenvalue weighted by atomic mass is 32.1. The van der Waals surface area contributed by atoms with Gasteiger partial charge in [-0.05, 0) is 37.7 Å². The third kappa shape index (κ3) is 3.46. The molecule has 0 spiro atoms. The molecule has 4 nitrogen and oxygen atoms in total. The van der Waals surface area contributed by atoms with Gasteiger partial charge in [0.2, 0.25) is 5.91 Å². The third-order valence-electron chi connectivity index (χ3n) is 4.00. The molecule has 1 unspecified atom stereocenters. The van der Waals surface area contributed by atoms with Crippen molar-refractivity contribution in [1.29, 1.82) is 0 Å². The summed E-state index contributed by atoms with van der Waals surface area (Å²) in [6, 6.07) is 0. The van der Waals surface area contributed by atoms with Gasteiger partial charge in [-0.1, -0.05) is 20.3 Å². The Kier molecular flexibility index (Phi) is 5.39. The number of nitrogens with one attached hydrogen (secondary N) is 1. The second-order valence-corrected chi connectivity index (χ2v) is 6.45. The molecule has 0 aromatic carbocycles. The highest BCUT2D eigenvalue weighted by molar-refractivity contribution is 7.17. The summed E-state index contributed by atoms with van der Waals surface area (Å²) in [5.74, 6) is 0.309. The molecule has 1 aliphatic carbocycles. The lowest BCUT2D eigenvalue weighted by Gasteiger charge is -2.20. The molecule has 0 saturated carbocycles. The maximum Gasteiger partial charge on any atom is 0.341 e. The molecule has 1 aliphatic rings. The van der Waals surface area contributed by atoms with Crippen LogP contribution in [0.15, 0.2) is 0 Å². The maximum atomic E-state index is 12.3. The van der Waals surface area contributed by atoms with Crippen molar-refractivity contribution in [3.63, 3.8) is 0 Å². The van der Waals surface area contributed by atoms with Gasteiger partial charge in [-0.2, -0.15) is 0 Å². The van der Waals surface area contributed by atoms with Gasteiger partial charge in [0.05, 0.1) is 12.2 Å². The molecule has 0 fully saturated rings. The summed E-state index contributed by atoms with van der Waals surface area (Å²) in [6.07, 6.45) is 4.57. The van der Waals surface area contributed by atoms with E-state index in [0.717, 1.165) is 31.2 Å². The first-order chi connectivity index (χ1) is 10.1. The number of ether oxygens (including phenoxy) is 1. The second-order valence-electron chi connectivity index (χ2n) is 5.35. The van der Waals surface area contributed by atoms with Crippen LogP contribution in [0.1, 0.15) is 60.8 Å². The topological polar surface area (TPSA) is 55.4 Å². The summed E-state index contributed by atoms with van der Waals surface area (Å²) in [6.45, 7) is 6.16. The Hall–Kier alpha value is -1.36. The molecule has 1 aromatic rings. The second kappa shape index (κ2) is 7.07. The number of thiophene rings is 1. The Morgan fingerprint density at radius 1 is 1.33 bits per heavy atom. The molecule has 0 radical (unpaired) electrons. The normalized spacial score (nSPS) is 17.2. The summed E-state index contributed by atoms with van der Waals surface area (Å²) < 4.78 is 5.18. The van der Waals surface area contributed by atoms with Crippen molar-refractivity contribution >= 4 is 28.2 Å². The van der Waals surface area contributed by atoms with E-state index in [2.05, 4.69) is 12.2 Å². The zero-order chi connectivity index (χ0) is 15.4. The average molecular weight is 309 g/mol. The van der Waals surface area contributed by atoms with Crippen molar-refractivity contribution < 1.29 is 14.3 Å². The molecule has 1 atom stereocenters. The Labute approximate surface area is 129 Å². The van der Waals surface area contributed by atoms with Crippen molar-refractivity contribution in [3.8, 4) is 0 Å². The molecule has 116 valence electrons. The number of amides is 1. The van der Waals surface area contributed by atoms with Gasteiger partial charge in [0.25, 0.3) is 0 Å². The molecule has 1 N–H and O–H groups in total. The van der Waals surface area contributed by atoms with E-state index in [0.29, 0.717) is 29.5 Å². The summed E-state index contributed by atoms with van der Waals surface area (Å²) in [4.78, 5) is 25.2. The number of rotatable bonds is 5. The monoisotopic (exact) mass is 309 g/mol. The third-order valence-corrected chi connectivity index (χ3v) is 5.17. The smallest absolute Gasteiger partial charge is 0.341 e. The van der Waals surface area contributed by atoms with E-state index < -0.39 is 0 Å². The van der Waals surface area contributed by atoms with Gasteiger partial charge in [0.15, 0.2) is 0 Å². The number of anilines is 1. The van der Waals surface area contributed by atoms with E-state index in [-0.39, 0.29) is 11.9 Å². The van der Waals surface area contributed by atoms with Crippen molar-refractivity contribution in [2.45, 2.75) is 52.9 Å². The van der Waals surface area contributed by atoms with Crippen LogP contribution in [0.5, 0.6) is 0 Å². The molecular formula is C16H23NO3S. The van der Waals surface area contributed by atoms with Crippen LogP contribution in [-0.4, -0.2) is 18.5 Å². The predicted molar refractivity (Wildman–Crippen MR) is 85.0 cm³/mol. The molecule has 5 heteroatoms. The molecule has 0 saturated heterocycles. The van der Waals surface area contributed by atoms with Crippen molar-refractivity contribution in [3.05, 3.63) is 16.0 Å². The van der Waals surface area contributed by atoms with Gasteiger partial charge in [-0.25, -0.2) is 4.79 Å². The zero-order valence-corrected chi connectivity index (χ0v) is 13.8. The lowest BCUT2D eigenvalue weighted by atomic mass is 9.85. The first-order valence-electron chi connectivity index (χ1n) is 7.72. The quantitative estimate of drug-likeness (QED) is 0.842. The van der Waals surface area contributed by atoms with Crippen LogP contribution >= 0.6 is 11.3 Å². The van der Waals surface area contributed by atoms with Gasteiger partial charge >= 0.3 is 5.97 Å². The van der Waals surface area contributed by atoms with Crippen LogP contribution in [0.2, 0.25) is 0 Å². The minimum atomic E-state index is -0.309. The van der Waals surface area contributed by atoms with E-state index in [4.69, 9.17) is 4.74 Å². The van der Waals surface area contributed by atoms with Crippen molar-refractivity contribution in [1.82, 2.24) is 0 Å².